The van der Waals surface area contributed by atoms with Crippen molar-refractivity contribution in [2.45, 2.75) is 31.7 Å². The summed E-state index contributed by atoms with van der Waals surface area (Å²) < 4.78 is 0. The van der Waals surface area contributed by atoms with Crippen molar-refractivity contribution >= 4 is 17.7 Å². The van der Waals surface area contributed by atoms with Gasteiger partial charge in [0.25, 0.3) is 5.91 Å². The van der Waals surface area contributed by atoms with E-state index < -0.39 is 0 Å². The third kappa shape index (κ3) is 3.44. The second-order valence-electron chi connectivity index (χ2n) is 4.53. The van der Waals surface area contributed by atoms with Gasteiger partial charge in [-0.25, -0.2) is 9.97 Å². The number of aromatic nitrogens is 2. The van der Waals surface area contributed by atoms with Gasteiger partial charge in [0.2, 0.25) is 0 Å². The van der Waals surface area contributed by atoms with Gasteiger partial charge in [0.1, 0.15) is 17.4 Å². The van der Waals surface area contributed by atoms with Gasteiger partial charge in [-0.15, -0.1) is 11.8 Å². The third-order valence-electron chi connectivity index (χ3n) is 2.65. The standard InChI is InChI=1S/C13H18N4OS/c1-8(2)11-15-9(3)10(12(16-11)19-5)13(18)17(4)7-6-14/h8H,7H2,1-5H3. The Balaban J connectivity index is 3.28. The number of aryl methyl sites for hydroxylation is 1. The molecule has 0 aliphatic carbocycles. The van der Waals surface area contributed by atoms with E-state index in [2.05, 4.69) is 9.97 Å². The first kappa shape index (κ1) is 15.4. The lowest BCUT2D eigenvalue weighted by Gasteiger charge is -2.17. The van der Waals surface area contributed by atoms with Crippen LogP contribution in [-0.4, -0.2) is 40.6 Å². The molecule has 0 aliphatic heterocycles. The zero-order valence-electron chi connectivity index (χ0n) is 11.9. The Bertz CT molecular complexity index is 522. The molecule has 0 bridgehead atoms. The first-order chi connectivity index (χ1) is 8.92. The lowest BCUT2D eigenvalue weighted by molar-refractivity contribution is 0.0806. The highest BCUT2D eigenvalue weighted by molar-refractivity contribution is 7.98. The molecule has 0 aliphatic rings. The molecule has 0 atom stereocenters. The molecule has 1 aromatic rings. The van der Waals surface area contributed by atoms with E-state index in [0.717, 1.165) is 5.82 Å². The van der Waals surface area contributed by atoms with Gasteiger partial charge in [0, 0.05) is 13.0 Å². The predicted molar refractivity (Wildman–Crippen MR) is 75.2 cm³/mol. The summed E-state index contributed by atoms with van der Waals surface area (Å²) >= 11 is 1.42. The van der Waals surface area contributed by atoms with Crippen LogP contribution >= 0.6 is 11.8 Å². The van der Waals surface area contributed by atoms with E-state index in [0.29, 0.717) is 16.3 Å². The molecule has 102 valence electrons. The first-order valence-corrected chi connectivity index (χ1v) is 7.19. The number of nitriles is 1. The Hall–Kier alpha value is -1.61. The number of carbonyl (C=O) groups is 1. The Kier molecular flexibility index (Phi) is 5.31. The summed E-state index contributed by atoms with van der Waals surface area (Å²) in [5, 5.41) is 9.34. The van der Waals surface area contributed by atoms with Crippen molar-refractivity contribution in [1.29, 1.82) is 5.26 Å². The van der Waals surface area contributed by atoms with Crippen molar-refractivity contribution in [2.24, 2.45) is 0 Å². The second kappa shape index (κ2) is 6.53. The summed E-state index contributed by atoms with van der Waals surface area (Å²) in [5.41, 5.74) is 1.16. The number of nitrogens with zero attached hydrogens (tertiary/aromatic N) is 4. The second-order valence-corrected chi connectivity index (χ2v) is 5.32. The topological polar surface area (TPSA) is 69.9 Å². The fraction of sp³-hybridized carbons (Fsp3) is 0.538. The Morgan fingerprint density at radius 2 is 2.11 bits per heavy atom. The van der Waals surface area contributed by atoms with Gasteiger partial charge in [-0.2, -0.15) is 5.26 Å². The maximum Gasteiger partial charge on any atom is 0.259 e. The van der Waals surface area contributed by atoms with Crippen LogP contribution in [0.3, 0.4) is 0 Å². The number of amides is 1. The molecular weight excluding hydrogens is 260 g/mol. The molecule has 0 saturated carbocycles. The van der Waals surface area contributed by atoms with Gasteiger partial charge < -0.3 is 4.90 Å². The Morgan fingerprint density at radius 3 is 2.58 bits per heavy atom. The van der Waals surface area contributed by atoms with E-state index in [1.54, 1.807) is 14.0 Å². The van der Waals surface area contributed by atoms with Gasteiger partial charge in [-0.3, -0.25) is 4.79 Å². The van der Waals surface area contributed by atoms with Gasteiger partial charge in [-0.1, -0.05) is 13.8 Å². The summed E-state index contributed by atoms with van der Waals surface area (Å²) in [5.74, 6) is 0.741. The van der Waals surface area contributed by atoms with Crippen molar-refractivity contribution in [2.75, 3.05) is 19.8 Å². The fourth-order valence-corrected chi connectivity index (χ4v) is 2.21. The van der Waals surface area contributed by atoms with E-state index in [1.807, 2.05) is 26.2 Å². The number of thioether (sulfide) groups is 1. The molecule has 0 fully saturated rings. The fourth-order valence-electron chi connectivity index (χ4n) is 1.59. The molecule has 0 radical (unpaired) electrons. The van der Waals surface area contributed by atoms with Crippen LogP contribution in [0.15, 0.2) is 5.03 Å². The quantitative estimate of drug-likeness (QED) is 0.480. The van der Waals surface area contributed by atoms with Crippen molar-refractivity contribution in [1.82, 2.24) is 14.9 Å². The summed E-state index contributed by atoms with van der Waals surface area (Å²) in [6.07, 6.45) is 1.88. The summed E-state index contributed by atoms with van der Waals surface area (Å²) in [7, 11) is 1.60. The molecule has 1 heterocycles. The highest BCUT2D eigenvalue weighted by atomic mass is 32.2. The van der Waals surface area contributed by atoms with Gasteiger partial charge in [-0.05, 0) is 13.2 Å². The SMILES string of the molecule is CSc1nc(C(C)C)nc(C)c1C(=O)N(C)CC#N. The predicted octanol–water partition coefficient (Wildman–Crippen LogP) is 2.23. The number of carbonyl (C=O) groups excluding carboxylic acids is 1. The highest BCUT2D eigenvalue weighted by Gasteiger charge is 2.21. The third-order valence-corrected chi connectivity index (χ3v) is 3.33. The van der Waals surface area contributed by atoms with Gasteiger partial charge >= 0.3 is 0 Å². The summed E-state index contributed by atoms with van der Waals surface area (Å²) in [4.78, 5) is 22.5. The van der Waals surface area contributed by atoms with Crippen LogP contribution in [0.5, 0.6) is 0 Å². The van der Waals surface area contributed by atoms with E-state index in [-0.39, 0.29) is 18.4 Å². The van der Waals surface area contributed by atoms with Gasteiger partial charge in [0.05, 0.1) is 17.3 Å². The van der Waals surface area contributed by atoms with Crippen molar-refractivity contribution in [3.05, 3.63) is 17.1 Å². The lowest BCUT2D eigenvalue weighted by Crippen LogP contribution is -2.29. The van der Waals surface area contributed by atoms with Crippen molar-refractivity contribution in [3.63, 3.8) is 0 Å². The van der Waals surface area contributed by atoms with Gasteiger partial charge in [0.15, 0.2) is 0 Å². The molecule has 1 aromatic heterocycles. The lowest BCUT2D eigenvalue weighted by atomic mass is 10.1. The van der Waals surface area contributed by atoms with Crippen LogP contribution in [0.25, 0.3) is 0 Å². The number of hydrogen-bond acceptors (Lipinski definition) is 5. The largest absolute Gasteiger partial charge is 0.328 e. The van der Waals surface area contributed by atoms with Crippen LogP contribution in [-0.2, 0) is 0 Å². The van der Waals surface area contributed by atoms with E-state index in [1.165, 1.54) is 16.7 Å². The molecule has 5 nitrogen and oxygen atoms in total. The molecular formula is C13H18N4OS. The molecule has 0 aromatic carbocycles. The summed E-state index contributed by atoms with van der Waals surface area (Å²) in [6, 6.07) is 1.96. The Labute approximate surface area is 118 Å². The zero-order chi connectivity index (χ0) is 14.6. The molecule has 0 spiro atoms. The zero-order valence-corrected chi connectivity index (χ0v) is 12.7. The Morgan fingerprint density at radius 1 is 1.47 bits per heavy atom. The minimum atomic E-state index is -0.210. The minimum absolute atomic E-state index is 0.0536. The van der Waals surface area contributed by atoms with E-state index in [9.17, 15) is 4.79 Å². The maximum atomic E-state index is 12.3. The van der Waals surface area contributed by atoms with E-state index >= 15 is 0 Å². The minimum Gasteiger partial charge on any atom is -0.328 e. The van der Waals surface area contributed by atoms with Crippen LogP contribution in [0.4, 0.5) is 0 Å². The smallest absolute Gasteiger partial charge is 0.259 e. The van der Waals surface area contributed by atoms with Crippen molar-refractivity contribution < 1.29 is 4.79 Å². The first-order valence-electron chi connectivity index (χ1n) is 5.97. The molecule has 6 heteroatoms. The average Bonchev–Trinajstić information content (AvgIpc) is 2.37. The maximum absolute atomic E-state index is 12.3. The molecule has 0 saturated heterocycles. The van der Waals surface area contributed by atoms with Crippen LogP contribution in [0.1, 0.15) is 41.6 Å². The van der Waals surface area contributed by atoms with Crippen LogP contribution in [0, 0.1) is 18.3 Å². The highest BCUT2D eigenvalue weighted by Crippen LogP contribution is 2.24. The molecule has 1 amide bonds. The molecule has 0 N–H and O–H groups in total. The molecule has 1 rings (SSSR count). The van der Waals surface area contributed by atoms with Crippen LogP contribution in [0.2, 0.25) is 0 Å². The molecule has 0 unspecified atom stereocenters. The monoisotopic (exact) mass is 278 g/mol. The normalized spacial score (nSPS) is 10.4. The van der Waals surface area contributed by atoms with Crippen molar-refractivity contribution in [3.8, 4) is 6.07 Å². The summed E-state index contributed by atoms with van der Waals surface area (Å²) in [6.45, 7) is 5.89. The number of rotatable bonds is 4. The average molecular weight is 278 g/mol. The van der Waals surface area contributed by atoms with E-state index in [4.69, 9.17) is 5.26 Å². The number of hydrogen-bond donors (Lipinski definition) is 0. The van der Waals surface area contributed by atoms with Crippen LogP contribution < -0.4 is 0 Å². The molecule has 19 heavy (non-hydrogen) atoms.